The van der Waals surface area contributed by atoms with Gasteiger partial charge in [-0.15, -0.1) is 0 Å². The molecule has 0 atom stereocenters. The molecule has 0 spiro atoms. The van der Waals surface area contributed by atoms with Crippen molar-refractivity contribution in [1.82, 2.24) is 0 Å². The summed E-state index contributed by atoms with van der Waals surface area (Å²) in [7, 11) is 0. The van der Waals surface area contributed by atoms with Gasteiger partial charge in [-0.05, 0) is 0 Å². The van der Waals surface area contributed by atoms with Crippen molar-refractivity contribution >= 4 is 34.2 Å². The van der Waals surface area contributed by atoms with Gasteiger partial charge in [0.15, 0.2) is 0 Å². The zero-order valence-electron chi connectivity index (χ0n) is 17.9. The van der Waals surface area contributed by atoms with Crippen molar-refractivity contribution in [3.63, 3.8) is 0 Å². The van der Waals surface area contributed by atoms with Crippen LogP contribution in [-0.2, 0) is 0 Å². The van der Waals surface area contributed by atoms with Crippen LogP contribution in [0.1, 0.15) is 33.4 Å². The molecule has 162 valence electrons. The van der Waals surface area contributed by atoms with E-state index in [1.165, 1.54) is 0 Å². The summed E-state index contributed by atoms with van der Waals surface area (Å²) in [6, 6.07) is 27.3. The number of benzene rings is 4. The summed E-state index contributed by atoms with van der Waals surface area (Å²) in [6.07, 6.45) is 0. The van der Waals surface area contributed by atoms with Crippen LogP contribution in [0.5, 0.6) is 0 Å². The molecule has 0 fully saturated rings. The monoisotopic (exact) mass is 432 g/mol. The summed E-state index contributed by atoms with van der Waals surface area (Å²) in [5, 5.41) is 26.6. The number of nitrogen functional groups attached to an aromatic ring is 3. The first-order valence-corrected chi connectivity index (χ1v) is 10.3. The van der Waals surface area contributed by atoms with Gasteiger partial charge in [0.05, 0.1) is 34.2 Å². The Morgan fingerprint density at radius 3 is 0.818 bits per heavy atom. The van der Waals surface area contributed by atoms with Gasteiger partial charge in [0.1, 0.15) is 0 Å². The minimum atomic E-state index is 0.106. The lowest BCUT2D eigenvalue weighted by Crippen LogP contribution is -2.21. The zero-order valence-corrected chi connectivity index (χ0v) is 17.9. The lowest BCUT2D eigenvalue weighted by molar-refractivity contribution is 1.40. The molecule has 0 radical (unpaired) electrons. The van der Waals surface area contributed by atoms with Crippen molar-refractivity contribution in [2.45, 2.75) is 0 Å². The second-order valence-electron chi connectivity index (χ2n) is 7.59. The van der Waals surface area contributed by atoms with Crippen molar-refractivity contribution in [2.24, 2.45) is 0 Å². The molecule has 0 aromatic heterocycles. The lowest BCUT2D eigenvalue weighted by Gasteiger charge is -2.23. The van der Waals surface area contributed by atoms with E-state index in [1.807, 2.05) is 54.6 Å². The van der Waals surface area contributed by atoms with Gasteiger partial charge < -0.3 is 17.2 Å². The first-order valence-electron chi connectivity index (χ1n) is 10.3. The van der Waals surface area contributed by atoms with Crippen LogP contribution in [0.25, 0.3) is 0 Å². The van der Waals surface area contributed by atoms with Gasteiger partial charge >= 0.3 is 0 Å². The minimum Gasteiger partial charge on any atom is -0.398 e. The van der Waals surface area contributed by atoms with Gasteiger partial charge in [-0.1, -0.05) is 91.0 Å². The molecular formula is C27H24N6. The van der Waals surface area contributed by atoms with Crippen molar-refractivity contribution < 1.29 is 0 Å². The summed E-state index contributed by atoms with van der Waals surface area (Å²) in [6.45, 7) is 0. The predicted octanol–water partition coefficient (Wildman–Crippen LogP) is 4.68. The van der Waals surface area contributed by atoms with Crippen LogP contribution >= 0.6 is 0 Å². The molecule has 6 heteroatoms. The second kappa shape index (κ2) is 8.80. The van der Waals surface area contributed by atoms with E-state index >= 15 is 0 Å². The van der Waals surface area contributed by atoms with E-state index in [0.29, 0.717) is 16.7 Å². The Morgan fingerprint density at radius 2 is 0.606 bits per heavy atom. The SMILES string of the molecule is N=C(c1ccccc1)c1c(N)c(C(=N)c2ccccc2)c(N)c(C(=N)c2ccccc2)c1N. The van der Waals surface area contributed by atoms with Gasteiger partial charge in [-0.3, -0.25) is 16.2 Å². The summed E-state index contributed by atoms with van der Waals surface area (Å²) in [4.78, 5) is 0. The second-order valence-corrected chi connectivity index (χ2v) is 7.59. The van der Waals surface area contributed by atoms with Gasteiger partial charge in [0.25, 0.3) is 0 Å². The molecule has 0 unspecified atom stereocenters. The van der Waals surface area contributed by atoms with Gasteiger partial charge in [-0.25, -0.2) is 0 Å². The summed E-state index contributed by atoms with van der Waals surface area (Å²) in [5.41, 5.74) is 23.1. The van der Waals surface area contributed by atoms with Crippen molar-refractivity contribution in [1.29, 1.82) is 16.2 Å². The Kier molecular flexibility index (Phi) is 5.74. The molecule has 6 nitrogen and oxygen atoms in total. The number of rotatable bonds is 6. The van der Waals surface area contributed by atoms with Crippen molar-refractivity contribution in [3.05, 3.63) is 124 Å². The molecule has 9 N–H and O–H groups in total. The molecular weight excluding hydrogens is 408 g/mol. The fourth-order valence-corrected chi connectivity index (χ4v) is 3.87. The van der Waals surface area contributed by atoms with E-state index in [9.17, 15) is 0 Å². The Hall–Kier alpha value is -4.71. The lowest BCUT2D eigenvalue weighted by atomic mass is 9.86. The standard InChI is InChI=1S/C27H24N6/c28-22(16-10-4-1-5-11-16)19-25(31)20(23(29)17-12-6-2-7-13-17)27(33)21(26(19)32)24(30)18-14-8-3-9-15-18/h1-15,28-30H,31-33H2. The maximum absolute atomic E-state index is 8.87. The fraction of sp³-hybridized carbons (Fsp3) is 0. The molecule has 0 amide bonds. The molecule has 0 aliphatic rings. The van der Waals surface area contributed by atoms with Gasteiger partial charge in [0, 0.05) is 33.4 Å². The maximum atomic E-state index is 8.87. The van der Waals surface area contributed by atoms with Crippen molar-refractivity contribution in [3.8, 4) is 0 Å². The molecule has 0 aliphatic carbocycles. The number of hydrogen-bond acceptors (Lipinski definition) is 6. The fourth-order valence-electron chi connectivity index (χ4n) is 3.87. The van der Waals surface area contributed by atoms with Crippen LogP contribution in [0.3, 0.4) is 0 Å². The molecule has 4 rings (SSSR count). The molecule has 0 saturated carbocycles. The number of nitrogens with one attached hydrogen (secondary N) is 3. The molecule has 33 heavy (non-hydrogen) atoms. The summed E-state index contributed by atoms with van der Waals surface area (Å²) >= 11 is 0. The quantitative estimate of drug-likeness (QED) is 0.194. The van der Waals surface area contributed by atoms with Crippen LogP contribution in [0.4, 0.5) is 17.1 Å². The average Bonchev–Trinajstić information content (AvgIpc) is 2.85. The largest absolute Gasteiger partial charge is 0.398 e. The summed E-state index contributed by atoms with van der Waals surface area (Å²) < 4.78 is 0. The maximum Gasteiger partial charge on any atom is 0.0726 e. The number of hydrogen-bond donors (Lipinski definition) is 6. The van der Waals surface area contributed by atoms with E-state index in [4.69, 9.17) is 33.4 Å². The smallest absolute Gasteiger partial charge is 0.0726 e. The first kappa shape index (κ1) is 21.5. The van der Waals surface area contributed by atoms with Crippen LogP contribution in [0.15, 0.2) is 91.0 Å². The van der Waals surface area contributed by atoms with Crippen LogP contribution in [0, 0.1) is 16.2 Å². The molecule has 4 aromatic rings. The third-order valence-electron chi connectivity index (χ3n) is 5.55. The minimum absolute atomic E-state index is 0.106. The third-order valence-corrected chi connectivity index (χ3v) is 5.55. The summed E-state index contributed by atoms with van der Waals surface area (Å²) in [5.74, 6) is 0. The topological polar surface area (TPSA) is 150 Å². The Balaban J connectivity index is 2.02. The highest BCUT2D eigenvalue weighted by Gasteiger charge is 2.27. The van der Waals surface area contributed by atoms with Crippen LogP contribution < -0.4 is 17.2 Å². The molecule has 0 bridgehead atoms. The van der Waals surface area contributed by atoms with Gasteiger partial charge in [0.2, 0.25) is 0 Å². The van der Waals surface area contributed by atoms with E-state index in [0.717, 1.165) is 0 Å². The highest BCUT2D eigenvalue weighted by atomic mass is 14.7. The Bertz CT molecular complexity index is 1170. The Labute approximate surface area is 192 Å². The molecule has 0 heterocycles. The first-order chi connectivity index (χ1) is 15.9. The van der Waals surface area contributed by atoms with E-state index < -0.39 is 0 Å². The van der Waals surface area contributed by atoms with Gasteiger partial charge in [-0.2, -0.15) is 0 Å². The molecule has 4 aromatic carbocycles. The predicted molar refractivity (Wildman–Crippen MR) is 137 cm³/mol. The Morgan fingerprint density at radius 1 is 0.394 bits per heavy atom. The average molecular weight is 433 g/mol. The highest BCUT2D eigenvalue weighted by molar-refractivity contribution is 6.29. The van der Waals surface area contributed by atoms with E-state index in [2.05, 4.69) is 0 Å². The zero-order chi connectivity index (χ0) is 23.5. The number of nitrogens with two attached hydrogens (primary N) is 3. The highest BCUT2D eigenvalue weighted by Crippen LogP contribution is 2.38. The normalized spacial score (nSPS) is 10.5. The van der Waals surface area contributed by atoms with Crippen LogP contribution in [-0.4, -0.2) is 17.1 Å². The van der Waals surface area contributed by atoms with Crippen LogP contribution in [0.2, 0.25) is 0 Å². The molecule has 0 saturated heterocycles. The number of anilines is 3. The van der Waals surface area contributed by atoms with E-state index in [-0.39, 0.29) is 50.9 Å². The third kappa shape index (κ3) is 3.85. The molecule has 0 aliphatic heterocycles. The van der Waals surface area contributed by atoms with E-state index in [1.54, 1.807) is 36.4 Å². The van der Waals surface area contributed by atoms with Crippen molar-refractivity contribution in [2.75, 3.05) is 17.2 Å².